The highest BCUT2D eigenvalue weighted by Crippen LogP contribution is 2.36. The molecule has 6 nitrogen and oxygen atoms in total. The van der Waals surface area contributed by atoms with Crippen molar-refractivity contribution in [3.05, 3.63) is 84.3 Å². The van der Waals surface area contributed by atoms with Crippen molar-refractivity contribution >= 4 is 10.0 Å². The second kappa shape index (κ2) is 8.45. The van der Waals surface area contributed by atoms with Crippen LogP contribution in [0.15, 0.2) is 78.0 Å². The minimum Gasteiger partial charge on any atom is -0.265 e. The maximum atomic E-state index is 13.6. The molecule has 2 heterocycles. The summed E-state index contributed by atoms with van der Waals surface area (Å²) in [5.74, 6) is 0. The van der Waals surface area contributed by atoms with Gasteiger partial charge in [-0.3, -0.25) is 4.98 Å². The van der Waals surface area contributed by atoms with Gasteiger partial charge in [-0.1, -0.05) is 19.1 Å². The fourth-order valence-corrected chi connectivity index (χ4v) is 4.05. The molecule has 0 aliphatic rings. The zero-order chi connectivity index (χ0) is 23.8. The summed E-state index contributed by atoms with van der Waals surface area (Å²) < 4.78 is 65.0. The molecule has 0 radical (unpaired) electrons. The molecule has 0 aliphatic heterocycles. The van der Waals surface area contributed by atoms with E-state index in [1.54, 1.807) is 12.4 Å². The number of pyridine rings is 1. The van der Waals surface area contributed by atoms with Crippen molar-refractivity contribution in [1.82, 2.24) is 14.8 Å². The predicted molar refractivity (Wildman–Crippen MR) is 118 cm³/mol. The maximum Gasteiger partial charge on any atom is 0.435 e. The van der Waals surface area contributed by atoms with Crippen molar-refractivity contribution in [3.63, 3.8) is 0 Å². The topological polar surface area (TPSA) is 90.9 Å². The Kier molecular flexibility index (Phi) is 5.81. The monoisotopic (exact) mass is 472 g/mol. The minimum atomic E-state index is -4.66. The van der Waals surface area contributed by atoms with Gasteiger partial charge in [0.2, 0.25) is 10.0 Å². The second-order valence-electron chi connectivity index (χ2n) is 7.32. The molecule has 0 fully saturated rings. The van der Waals surface area contributed by atoms with Crippen LogP contribution in [0.2, 0.25) is 0 Å². The lowest BCUT2D eigenvalue weighted by Gasteiger charge is -2.13. The average molecular weight is 472 g/mol. The molecule has 170 valence electrons. The van der Waals surface area contributed by atoms with E-state index < -0.39 is 21.9 Å². The molecule has 0 unspecified atom stereocenters. The molecule has 0 spiro atoms. The Morgan fingerprint density at radius 3 is 2.18 bits per heavy atom. The quantitative estimate of drug-likeness (QED) is 0.450. The third-order valence-corrected chi connectivity index (χ3v) is 6.12. The van der Waals surface area contributed by atoms with E-state index in [0.29, 0.717) is 12.0 Å². The zero-order valence-electron chi connectivity index (χ0n) is 17.4. The molecular formula is C23H19F3N4O2S. The molecular weight excluding hydrogens is 453 g/mol. The van der Waals surface area contributed by atoms with Gasteiger partial charge in [0.1, 0.15) is 0 Å². The van der Waals surface area contributed by atoms with Crippen molar-refractivity contribution < 1.29 is 21.6 Å². The van der Waals surface area contributed by atoms with E-state index in [9.17, 15) is 21.6 Å². The van der Waals surface area contributed by atoms with E-state index in [4.69, 9.17) is 5.14 Å². The number of hydrogen-bond acceptors (Lipinski definition) is 4. The molecule has 4 rings (SSSR count). The number of hydrogen-bond donors (Lipinski definition) is 1. The standard InChI is InChI=1S/C23H19F3N4O2S/c1-2-15-3-4-17(16-9-11-28-12-10-16)13-20(15)21-14-22(23(24,25)26)29-30(21)18-5-7-19(8-6-18)33(27,31)32/h3-14H,2H2,1H3,(H2,27,31,32). The van der Waals surface area contributed by atoms with Gasteiger partial charge >= 0.3 is 6.18 Å². The second-order valence-corrected chi connectivity index (χ2v) is 8.89. The van der Waals surface area contributed by atoms with E-state index >= 15 is 0 Å². The first-order valence-electron chi connectivity index (χ1n) is 9.92. The lowest BCUT2D eigenvalue weighted by Crippen LogP contribution is -2.12. The largest absolute Gasteiger partial charge is 0.435 e. The normalized spacial score (nSPS) is 12.2. The van der Waals surface area contributed by atoms with Gasteiger partial charge in [-0.2, -0.15) is 18.3 Å². The molecule has 2 aromatic heterocycles. The van der Waals surface area contributed by atoms with Crippen LogP contribution in [0.5, 0.6) is 0 Å². The van der Waals surface area contributed by atoms with Gasteiger partial charge in [0.05, 0.1) is 16.3 Å². The summed E-state index contributed by atoms with van der Waals surface area (Å²) in [6.45, 7) is 1.91. The average Bonchev–Trinajstić information content (AvgIpc) is 3.25. The highest BCUT2D eigenvalue weighted by molar-refractivity contribution is 7.89. The number of nitrogens with zero attached hydrogens (tertiary/aromatic N) is 3. The Morgan fingerprint density at radius 1 is 0.939 bits per heavy atom. The third kappa shape index (κ3) is 4.67. The van der Waals surface area contributed by atoms with Crippen LogP contribution >= 0.6 is 0 Å². The van der Waals surface area contributed by atoms with Crippen LogP contribution < -0.4 is 5.14 Å². The molecule has 2 N–H and O–H groups in total. The zero-order valence-corrected chi connectivity index (χ0v) is 18.2. The smallest absolute Gasteiger partial charge is 0.265 e. The van der Waals surface area contributed by atoms with Gasteiger partial charge < -0.3 is 0 Å². The summed E-state index contributed by atoms with van der Waals surface area (Å²) >= 11 is 0. The highest BCUT2D eigenvalue weighted by Gasteiger charge is 2.35. The Balaban J connectivity index is 1.93. The van der Waals surface area contributed by atoms with Crippen LogP contribution in [0.4, 0.5) is 13.2 Å². The number of aromatic nitrogens is 3. The molecule has 4 aromatic rings. The summed E-state index contributed by atoms with van der Waals surface area (Å²) in [6.07, 6.45) is -0.790. The summed E-state index contributed by atoms with van der Waals surface area (Å²) in [5, 5.41) is 8.93. The van der Waals surface area contributed by atoms with E-state index in [1.807, 2.05) is 37.3 Å². The van der Waals surface area contributed by atoms with Gasteiger partial charge in [-0.15, -0.1) is 0 Å². The van der Waals surface area contributed by atoms with Gasteiger partial charge in [-0.05, 0) is 71.6 Å². The first kappa shape index (κ1) is 22.7. The van der Waals surface area contributed by atoms with Crippen molar-refractivity contribution in [1.29, 1.82) is 0 Å². The Labute approximate surface area is 188 Å². The van der Waals surface area contributed by atoms with Crippen molar-refractivity contribution in [2.45, 2.75) is 24.4 Å². The molecule has 0 bridgehead atoms. The van der Waals surface area contributed by atoms with Crippen LogP contribution in [0.1, 0.15) is 18.2 Å². The Morgan fingerprint density at radius 2 is 1.61 bits per heavy atom. The number of benzene rings is 2. The van der Waals surface area contributed by atoms with Crippen LogP contribution in [-0.4, -0.2) is 23.2 Å². The molecule has 10 heteroatoms. The molecule has 0 saturated heterocycles. The minimum absolute atomic E-state index is 0.148. The fourth-order valence-electron chi connectivity index (χ4n) is 3.53. The van der Waals surface area contributed by atoms with Gasteiger partial charge in [-0.25, -0.2) is 18.2 Å². The number of primary sulfonamides is 1. The van der Waals surface area contributed by atoms with E-state index in [-0.39, 0.29) is 16.3 Å². The summed E-state index contributed by atoms with van der Waals surface area (Å²) in [4.78, 5) is 3.85. The Hall–Kier alpha value is -3.50. The maximum absolute atomic E-state index is 13.6. The van der Waals surface area contributed by atoms with Crippen molar-refractivity contribution in [3.8, 4) is 28.1 Å². The number of nitrogens with two attached hydrogens (primary N) is 1. The van der Waals surface area contributed by atoms with Gasteiger partial charge in [0.15, 0.2) is 5.69 Å². The first-order valence-corrected chi connectivity index (χ1v) is 11.5. The van der Waals surface area contributed by atoms with E-state index in [2.05, 4.69) is 10.1 Å². The number of rotatable bonds is 5. The Bertz CT molecular complexity index is 1400. The number of alkyl halides is 3. The predicted octanol–water partition coefficient (Wildman–Crippen LogP) is 4.83. The van der Waals surface area contributed by atoms with Crippen LogP contribution in [0.25, 0.3) is 28.1 Å². The molecule has 0 atom stereocenters. The summed E-state index contributed by atoms with van der Waals surface area (Å²) in [6, 6.07) is 15.4. The summed E-state index contributed by atoms with van der Waals surface area (Å²) in [5.41, 5.74) is 2.56. The van der Waals surface area contributed by atoms with Crippen molar-refractivity contribution in [2.75, 3.05) is 0 Å². The SMILES string of the molecule is CCc1ccc(-c2ccncc2)cc1-c1cc(C(F)(F)F)nn1-c1ccc(S(N)(=O)=O)cc1. The van der Waals surface area contributed by atoms with Crippen LogP contribution in [-0.2, 0) is 22.6 Å². The molecule has 0 aliphatic carbocycles. The fraction of sp³-hybridized carbons (Fsp3) is 0.130. The lowest BCUT2D eigenvalue weighted by atomic mass is 9.96. The van der Waals surface area contributed by atoms with Crippen LogP contribution in [0.3, 0.4) is 0 Å². The molecule has 0 amide bonds. The number of aryl methyl sites for hydroxylation is 1. The number of sulfonamides is 1. The molecule has 2 aromatic carbocycles. The van der Waals surface area contributed by atoms with Gasteiger partial charge in [0.25, 0.3) is 0 Å². The summed E-state index contributed by atoms with van der Waals surface area (Å²) in [7, 11) is -3.94. The van der Waals surface area contributed by atoms with Crippen molar-refractivity contribution in [2.24, 2.45) is 5.14 Å². The van der Waals surface area contributed by atoms with E-state index in [0.717, 1.165) is 22.8 Å². The van der Waals surface area contributed by atoms with Crippen LogP contribution in [0, 0.1) is 0 Å². The third-order valence-electron chi connectivity index (χ3n) is 5.19. The number of halogens is 3. The van der Waals surface area contributed by atoms with Gasteiger partial charge in [0, 0.05) is 18.0 Å². The first-order chi connectivity index (χ1) is 15.6. The highest BCUT2D eigenvalue weighted by atomic mass is 32.2. The van der Waals surface area contributed by atoms with E-state index in [1.165, 1.54) is 28.9 Å². The molecule has 0 saturated carbocycles. The molecule has 33 heavy (non-hydrogen) atoms. The lowest BCUT2D eigenvalue weighted by molar-refractivity contribution is -0.141.